The zero-order chi connectivity index (χ0) is 20.2. The van der Waals surface area contributed by atoms with Gasteiger partial charge in [0, 0.05) is 31.0 Å². The number of hydrogen-bond acceptors (Lipinski definition) is 3. The Bertz CT molecular complexity index is 1020. The van der Waals surface area contributed by atoms with Crippen LogP contribution in [0.3, 0.4) is 0 Å². The maximum absolute atomic E-state index is 13.2. The molecule has 2 aromatic carbocycles. The van der Waals surface area contributed by atoms with E-state index in [1.807, 2.05) is 67.6 Å². The van der Waals surface area contributed by atoms with Crippen molar-refractivity contribution < 1.29 is 9.59 Å². The molecule has 1 atom stereocenters. The van der Waals surface area contributed by atoms with Gasteiger partial charge in [-0.25, -0.2) is 0 Å². The summed E-state index contributed by atoms with van der Waals surface area (Å²) >= 11 is 0. The first-order valence-electron chi connectivity index (χ1n) is 9.75. The minimum atomic E-state index is -0.643. The topological polar surface area (TPSA) is 62.3 Å². The fourth-order valence-electron chi connectivity index (χ4n) is 3.72. The van der Waals surface area contributed by atoms with E-state index in [2.05, 4.69) is 10.3 Å². The summed E-state index contributed by atoms with van der Waals surface area (Å²) in [7, 11) is 0. The van der Waals surface area contributed by atoms with Crippen molar-refractivity contribution in [1.29, 1.82) is 0 Å². The third-order valence-electron chi connectivity index (χ3n) is 5.31. The van der Waals surface area contributed by atoms with Gasteiger partial charge in [-0.15, -0.1) is 0 Å². The van der Waals surface area contributed by atoms with Crippen molar-refractivity contribution in [1.82, 2.24) is 15.2 Å². The van der Waals surface area contributed by atoms with E-state index in [0.717, 1.165) is 28.7 Å². The summed E-state index contributed by atoms with van der Waals surface area (Å²) in [4.78, 5) is 32.2. The molecule has 0 aliphatic carbocycles. The minimum absolute atomic E-state index is 0.122. The predicted molar refractivity (Wildman–Crippen MR) is 111 cm³/mol. The van der Waals surface area contributed by atoms with Crippen molar-refractivity contribution in [3.63, 3.8) is 0 Å². The Morgan fingerprint density at radius 2 is 1.76 bits per heavy atom. The number of rotatable bonds is 4. The van der Waals surface area contributed by atoms with Crippen LogP contribution < -0.4 is 5.32 Å². The first-order chi connectivity index (χ1) is 14.1. The van der Waals surface area contributed by atoms with E-state index in [1.54, 1.807) is 17.3 Å². The van der Waals surface area contributed by atoms with Gasteiger partial charge in [0.1, 0.15) is 6.04 Å². The molecule has 2 amide bonds. The molecular weight excluding hydrogens is 362 g/mol. The SMILES string of the molecule is Cc1ccc(C(=O)N2CCc3ccccc3C2C(=O)NCc2ccncc2)cc1. The van der Waals surface area contributed by atoms with E-state index in [9.17, 15) is 9.59 Å². The fraction of sp³-hybridized carbons (Fsp3) is 0.208. The molecular formula is C24H23N3O2. The smallest absolute Gasteiger partial charge is 0.254 e. The van der Waals surface area contributed by atoms with Gasteiger partial charge in [0.2, 0.25) is 5.91 Å². The zero-order valence-corrected chi connectivity index (χ0v) is 16.3. The molecule has 0 fully saturated rings. The second-order valence-electron chi connectivity index (χ2n) is 7.29. The lowest BCUT2D eigenvalue weighted by atomic mass is 9.91. The van der Waals surface area contributed by atoms with Gasteiger partial charge in [0.15, 0.2) is 0 Å². The van der Waals surface area contributed by atoms with Gasteiger partial charge in [-0.1, -0.05) is 42.0 Å². The van der Waals surface area contributed by atoms with Crippen molar-refractivity contribution in [2.45, 2.75) is 25.9 Å². The van der Waals surface area contributed by atoms with Gasteiger partial charge in [0.05, 0.1) is 0 Å². The summed E-state index contributed by atoms with van der Waals surface area (Å²) in [5, 5.41) is 2.99. The largest absolute Gasteiger partial charge is 0.350 e. The normalized spacial score (nSPS) is 15.5. The molecule has 1 aromatic heterocycles. The molecule has 0 saturated carbocycles. The van der Waals surface area contributed by atoms with Gasteiger partial charge in [-0.05, 0) is 54.3 Å². The molecule has 5 heteroatoms. The molecule has 146 valence electrons. The van der Waals surface area contributed by atoms with Crippen molar-refractivity contribution >= 4 is 11.8 Å². The molecule has 1 aliphatic heterocycles. The maximum atomic E-state index is 13.2. The third-order valence-corrected chi connectivity index (χ3v) is 5.31. The van der Waals surface area contributed by atoms with Crippen LogP contribution in [0.1, 0.15) is 38.7 Å². The van der Waals surface area contributed by atoms with Crippen LogP contribution in [0.15, 0.2) is 73.1 Å². The lowest BCUT2D eigenvalue weighted by Gasteiger charge is -2.36. The lowest BCUT2D eigenvalue weighted by molar-refractivity contribution is -0.126. The van der Waals surface area contributed by atoms with Gasteiger partial charge in [0.25, 0.3) is 5.91 Å². The monoisotopic (exact) mass is 385 g/mol. The number of hydrogen-bond donors (Lipinski definition) is 1. The molecule has 1 aliphatic rings. The van der Waals surface area contributed by atoms with E-state index < -0.39 is 6.04 Å². The number of aryl methyl sites for hydroxylation is 1. The van der Waals surface area contributed by atoms with E-state index >= 15 is 0 Å². The van der Waals surface area contributed by atoms with Crippen molar-refractivity contribution in [3.05, 3.63) is 101 Å². The summed E-state index contributed by atoms with van der Waals surface area (Å²) in [6.07, 6.45) is 4.14. The molecule has 0 saturated heterocycles. The van der Waals surface area contributed by atoms with Crippen LogP contribution in [0.5, 0.6) is 0 Å². The van der Waals surface area contributed by atoms with Crippen molar-refractivity contribution in [2.75, 3.05) is 6.54 Å². The maximum Gasteiger partial charge on any atom is 0.254 e. The Labute approximate surface area is 170 Å². The highest BCUT2D eigenvalue weighted by Gasteiger charge is 2.36. The number of nitrogens with one attached hydrogen (secondary N) is 1. The van der Waals surface area contributed by atoms with E-state index in [4.69, 9.17) is 0 Å². The highest BCUT2D eigenvalue weighted by atomic mass is 16.2. The number of carbonyl (C=O) groups is 2. The summed E-state index contributed by atoms with van der Waals surface area (Å²) in [6, 6.07) is 18.4. The quantitative estimate of drug-likeness (QED) is 0.748. The Hall–Kier alpha value is -3.47. The second kappa shape index (κ2) is 8.27. The summed E-state index contributed by atoms with van der Waals surface area (Å²) < 4.78 is 0. The van der Waals surface area contributed by atoms with Crippen molar-refractivity contribution in [3.8, 4) is 0 Å². The standard InChI is InChI=1S/C24H23N3O2/c1-17-6-8-20(9-7-17)24(29)27-15-12-19-4-2-3-5-21(19)22(27)23(28)26-16-18-10-13-25-14-11-18/h2-11,13-14,22H,12,15-16H2,1H3,(H,26,28). The highest BCUT2D eigenvalue weighted by molar-refractivity contribution is 5.98. The number of benzene rings is 2. The van der Waals surface area contributed by atoms with Gasteiger partial charge < -0.3 is 10.2 Å². The van der Waals surface area contributed by atoms with Gasteiger partial charge >= 0.3 is 0 Å². The molecule has 0 radical (unpaired) electrons. The zero-order valence-electron chi connectivity index (χ0n) is 16.3. The number of nitrogens with zero attached hydrogens (tertiary/aromatic N) is 2. The van der Waals surface area contributed by atoms with Crippen LogP contribution in [0.4, 0.5) is 0 Å². The molecule has 1 N–H and O–H groups in total. The van der Waals surface area contributed by atoms with Crippen LogP contribution in [0.2, 0.25) is 0 Å². The van der Waals surface area contributed by atoms with E-state index in [1.165, 1.54) is 0 Å². The molecule has 3 aromatic rings. The summed E-state index contributed by atoms with van der Waals surface area (Å²) in [6.45, 7) is 2.89. The average Bonchev–Trinajstić information content (AvgIpc) is 2.77. The minimum Gasteiger partial charge on any atom is -0.350 e. The highest BCUT2D eigenvalue weighted by Crippen LogP contribution is 2.31. The first-order valence-corrected chi connectivity index (χ1v) is 9.75. The van der Waals surface area contributed by atoms with E-state index in [-0.39, 0.29) is 11.8 Å². The molecule has 1 unspecified atom stereocenters. The second-order valence-corrected chi connectivity index (χ2v) is 7.29. The number of amides is 2. The van der Waals surface area contributed by atoms with Crippen LogP contribution in [-0.4, -0.2) is 28.2 Å². The fourth-order valence-corrected chi connectivity index (χ4v) is 3.72. The molecule has 0 bridgehead atoms. The lowest BCUT2D eigenvalue weighted by Crippen LogP contribution is -2.47. The Morgan fingerprint density at radius 3 is 2.52 bits per heavy atom. The molecule has 2 heterocycles. The van der Waals surface area contributed by atoms with Crippen LogP contribution in [-0.2, 0) is 17.8 Å². The Balaban J connectivity index is 1.62. The number of fused-ring (bicyclic) bond motifs is 1. The van der Waals surface area contributed by atoms with Gasteiger partial charge in [-0.3, -0.25) is 14.6 Å². The number of carbonyl (C=O) groups excluding carboxylic acids is 2. The van der Waals surface area contributed by atoms with Crippen LogP contribution in [0.25, 0.3) is 0 Å². The molecule has 5 nitrogen and oxygen atoms in total. The van der Waals surface area contributed by atoms with Crippen molar-refractivity contribution in [2.24, 2.45) is 0 Å². The Morgan fingerprint density at radius 1 is 1.03 bits per heavy atom. The summed E-state index contributed by atoms with van der Waals surface area (Å²) in [5.41, 5.74) is 4.67. The number of aromatic nitrogens is 1. The van der Waals surface area contributed by atoms with Crippen LogP contribution in [0, 0.1) is 6.92 Å². The molecule has 29 heavy (non-hydrogen) atoms. The van der Waals surface area contributed by atoms with E-state index in [0.29, 0.717) is 18.7 Å². The molecule has 0 spiro atoms. The predicted octanol–water partition coefficient (Wildman–Crippen LogP) is 3.45. The Kier molecular flexibility index (Phi) is 5.38. The van der Waals surface area contributed by atoms with Crippen LogP contribution >= 0.6 is 0 Å². The average molecular weight is 385 g/mol. The summed E-state index contributed by atoms with van der Waals surface area (Å²) in [5.74, 6) is -0.294. The third kappa shape index (κ3) is 4.04. The first kappa shape index (κ1) is 18.9. The number of pyridine rings is 1. The van der Waals surface area contributed by atoms with Gasteiger partial charge in [-0.2, -0.15) is 0 Å². The molecule has 4 rings (SSSR count).